The van der Waals surface area contributed by atoms with Crippen molar-refractivity contribution in [3.05, 3.63) is 0 Å². The molecule has 0 amide bonds. The van der Waals surface area contributed by atoms with Gasteiger partial charge in [0, 0.05) is 0 Å². The molecule has 1 fully saturated rings. The summed E-state index contributed by atoms with van der Waals surface area (Å²) in [6, 6.07) is 0. The summed E-state index contributed by atoms with van der Waals surface area (Å²) in [5.74, 6) is 0.752. The fourth-order valence-corrected chi connectivity index (χ4v) is 3.39. The van der Waals surface area contributed by atoms with Crippen molar-refractivity contribution in [3.8, 4) is 0 Å². The van der Waals surface area contributed by atoms with Crippen molar-refractivity contribution in [1.82, 2.24) is 5.23 Å². The SMILES string of the molecule is CC(C)(C)CC(C(C)(C)C)C(C)(C)CCC1(C)[B]N1. The van der Waals surface area contributed by atoms with E-state index in [-0.39, 0.29) is 0 Å². The largest absolute Gasteiger partial charge is 0.359 e. The molecule has 0 aromatic carbocycles. The first-order valence-corrected chi connectivity index (χ1v) is 7.87. The van der Waals surface area contributed by atoms with E-state index in [9.17, 15) is 0 Å². The number of nitrogens with one attached hydrogen (secondary N) is 1. The number of hydrogen-bond acceptors (Lipinski definition) is 1. The molecule has 1 aliphatic heterocycles. The van der Waals surface area contributed by atoms with Gasteiger partial charge in [0.2, 0.25) is 7.41 Å². The third-order valence-corrected chi connectivity index (χ3v) is 4.73. The van der Waals surface area contributed by atoms with E-state index < -0.39 is 0 Å². The van der Waals surface area contributed by atoms with Crippen molar-refractivity contribution in [2.24, 2.45) is 22.2 Å². The summed E-state index contributed by atoms with van der Waals surface area (Å²) in [5, 5.41) is 3.38. The summed E-state index contributed by atoms with van der Waals surface area (Å²) in [7, 11) is 2.24. The summed E-state index contributed by atoms with van der Waals surface area (Å²) < 4.78 is 0. The van der Waals surface area contributed by atoms with Crippen LogP contribution in [0.2, 0.25) is 0 Å². The maximum Gasteiger partial charge on any atom is 0.227 e. The third-order valence-electron chi connectivity index (χ3n) is 4.73. The zero-order chi connectivity index (χ0) is 15.1. The van der Waals surface area contributed by atoms with Crippen molar-refractivity contribution in [1.29, 1.82) is 0 Å². The van der Waals surface area contributed by atoms with Gasteiger partial charge in [0.1, 0.15) is 0 Å². The smallest absolute Gasteiger partial charge is 0.227 e. The lowest BCUT2D eigenvalue weighted by Gasteiger charge is -2.46. The lowest BCUT2D eigenvalue weighted by Crippen LogP contribution is -2.38. The Balaban J connectivity index is 2.76. The maximum atomic E-state index is 3.38. The van der Waals surface area contributed by atoms with E-state index in [0.29, 0.717) is 21.7 Å². The predicted octanol–water partition coefficient (Wildman–Crippen LogP) is 4.83. The Hall–Kier alpha value is 0.0249. The Morgan fingerprint density at radius 2 is 1.47 bits per heavy atom. The maximum absolute atomic E-state index is 3.38. The van der Waals surface area contributed by atoms with E-state index in [1.165, 1.54) is 19.3 Å². The zero-order valence-corrected chi connectivity index (χ0v) is 14.8. The minimum absolute atomic E-state index is 0.321. The predicted molar refractivity (Wildman–Crippen MR) is 87.3 cm³/mol. The van der Waals surface area contributed by atoms with Gasteiger partial charge in [-0.25, -0.2) is 0 Å². The van der Waals surface area contributed by atoms with Crippen molar-refractivity contribution >= 4 is 7.41 Å². The first-order chi connectivity index (χ1) is 8.25. The molecule has 1 rings (SSSR count). The molecule has 1 aliphatic rings. The molecule has 2 atom stereocenters. The Morgan fingerprint density at radius 1 is 1.00 bits per heavy atom. The Bertz CT molecular complexity index is 302. The molecule has 0 bridgehead atoms. The molecule has 1 heterocycles. The molecule has 0 saturated carbocycles. The highest BCUT2D eigenvalue weighted by atomic mass is 15.0. The van der Waals surface area contributed by atoms with Crippen LogP contribution >= 0.6 is 0 Å². The first-order valence-electron chi connectivity index (χ1n) is 7.87. The van der Waals surface area contributed by atoms with E-state index in [4.69, 9.17) is 0 Å². The second-order valence-corrected chi connectivity index (χ2v) is 9.88. The number of rotatable bonds is 5. The van der Waals surface area contributed by atoms with Crippen LogP contribution in [0.3, 0.4) is 0 Å². The molecule has 0 aromatic rings. The molecule has 1 N–H and O–H groups in total. The average molecular weight is 264 g/mol. The van der Waals surface area contributed by atoms with Gasteiger partial charge < -0.3 is 5.23 Å². The molecule has 1 saturated heterocycles. The third kappa shape index (κ3) is 5.49. The van der Waals surface area contributed by atoms with Gasteiger partial charge in [-0.1, -0.05) is 62.3 Å². The molecule has 0 aliphatic carbocycles. The summed E-state index contributed by atoms with van der Waals surface area (Å²) in [6.07, 6.45) is 3.86. The van der Waals surface area contributed by atoms with E-state index >= 15 is 0 Å². The summed E-state index contributed by atoms with van der Waals surface area (Å²) in [6.45, 7) is 21.6. The van der Waals surface area contributed by atoms with Gasteiger partial charge in [-0.05, 0) is 46.9 Å². The van der Waals surface area contributed by atoms with Crippen LogP contribution in [0.4, 0.5) is 0 Å². The van der Waals surface area contributed by atoms with Gasteiger partial charge in [0.05, 0.1) is 0 Å². The van der Waals surface area contributed by atoms with Gasteiger partial charge >= 0.3 is 0 Å². The summed E-state index contributed by atoms with van der Waals surface area (Å²) in [5.41, 5.74) is 1.50. The summed E-state index contributed by atoms with van der Waals surface area (Å²) in [4.78, 5) is 0. The van der Waals surface area contributed by atoms with Crippen LogP contribution in [0.1, 0.15) is 81.6 Å². The molecule has 0 spiro atoms. The van der Waals surface area contributed by atoms with Gasteiger partial charge in [0.15, 0.2) is 0 Å². The van der Waals surface area contributed by atoms with Crippen LogP contribution in [0.15, 0.2) is 0 Å². The normalized spacial score (nSPS) is 25.9. The quantitative estimate of drug-likeness (QED) is 0.557. The van der Waals surface area contributed by atoms with Crippen molar-refractivity contribution in [2.45, 2.75) is 87.0 Å². The average Bonchev–Trinajstić information content (AvgIpc) is 2.88. The van der Waals surface area contributed by atoms with Crippen molar-refractivity contribution < 1.29 is 0 Å². The molecular formula is C17H35BN. The van der Waals surface area contributed by atoms with Crippen LogP contribution in [0, 0.1) is 22.2 Å². The van der Waals surface area contributed by atoms with Crippen molar-refractivity contribution in [2.75, 3.05) is 0 Å². The molecule has 1 radical (unpaired) electrons. The van der Waals surface area contributed by atoms with Crippen molar-refractivity contribution in [3.63, 3.8) is 0 Å². The Kier molecular flexibility index (Phi) is 4.58. The molecular weight excluding hydrogens is 229 g/mol. The van der Waals surface area contributed by atoms with Gasteiger partial charge in [-0.2, -0.15) is 0 Å². The standard InChI is InChI=1S/C17H35BN/c1-14(2,3)12-13(15(4,5)6)16(7,8)10-11-17(9)18-19-17/h13,19H,10-12H2,1-9H3. The zero-order valence-electron chi connectivity index (χ0n) is 14.8. The topological polar surface area (TPSA) is 21.9 Å². The highest BCUT2D eigenvalue weighted by Crippen LogP contribution is 2.49. The van der Waals surface area contributed by atoms with Crippen LogP contribution in [-0.2, 0) is 0 Å². The van der Waals surface area contributed by atoms with E-state index in [1.54, 1.807) is 0 Å². The van der Waals surface area contributed by atoms with Crippen LogP contribution in [-0.4, -0.2) is 12.9 Å². The van der Waals surface area contributed by atoms with Crippen LogP contribution < -0.4 is 5.23 Å². The molecule has 2 unspecified atom stereocenters. The monoisotopic (exact) mass is 264 g/mol. The highest BCUT2D eigenvalue weighted by Gasteiger charge is 2.44. The second-order valence-electron chi connectivity index (χ2n) is 9.88. The van der Waals surface area contributed by atoms with E-state index in [0.717, 1.165) is 5.92 Å². The van der Waals surface area contributed by atoms with Gasteiger partial charge in [0.25, 0.3) is 0 Å². The molecule has 2 heteroatoms. The lowest BCUT2D eigenvalue weighted by molar-refractivity contribution is 0.0373. The Labute approximate surface area is 122 Å². The van der Waals surface area contributed by atoms with Crippen LogP contribution in [0.5, 0.6) is 0 Å². The summed E-state index contributed by atoms with van der Waals surface area (Å²) >= 11 is 0. The molecule has 111 valence electrons. The fourth-order valence-electron chi connectivity index (χ4n) is 3.39. The fraction of sp³-hybridized carbons (Fsp3) is 1.00. The lowest BCUT2D eigenvalue weighted by atomic mass is 9.59. The van der Waals surface area contributed by atoms with E-state index in [2.05, 4.69) is 75.0 Å². The highest BCUT2D eigenvalue weighted by molar-refractivity contribution is 6.49. The molecule has 1 nitrogen and oxygen atoms in total. The second kappa shape index (κ2) is 5.09. The first kappa shape index (κ1) is 17.1. The van der Waals surface area contributed by atoms with E-state index in [1.807, 2.05) is 0 Å². The van der Waals surface area contributed by atoms with Crippen LogP contribution in [0.25, 0.3) is 0 Å². The van der Waals surface area contributed by atoms with Gasteiger partial charge in [-0.15, -0.1) is 0 Å². The molecule has 19 heavy (non-hydrogen) atoms. The van der Waals surface area contributed by atoms with Gasteiger partial charge in [-0.3, -0.25) is 0 Å². The minimum atomic E-state index is 0.321. The minimum Gasteiger partial charge on any atom is -0.359 e. The number of hydrogen-bond donors (Lipinski definition) is 1. The molecule has 0 aromatic heterocycles. The Morgan fingerprint density at radius 3 is 1.79 bits per heavy atom.